The molecule has 0 aliphatic rings. The predicted molar refractivity (Wildman–Crippen MR) is 103 cm³/mol. The van der Waals surface area contributed by atoms with Crippen LogP contribution >= 0.6 is 11.3 Å². The van der Waals surface area contributed by atoms with Gasteiger partial charge in [-0.25, -0.2) is 13.6 Å². The largest absolute Gasteiger partial charge is 0.326 e. The van der Waals surface area contributed by atoms with Gasteiger partial charge in [0, 0.05) is 33.8 Å². The summed E-state index contributed by atoms with van der Waals surface area (Å²) in [6, 6.07) is 4.64. The Morgan fingerprint density at radius 1 is 1.08 bits per heavy atom. The number of carbonyl (C=O) groups is 2. The number of carbonyl (C=O) groups excluding carboxylic acids is 2. The first-order valence-corrected chi connectivity index (χ1v) is 10.4. The van der Waals surface area contributed by atoms with E-state index in [1.165, 1.54) is 12.1 Å². The lowest BCUT2D eigenvalue weighted by Crippen LogP contribution is -2.17. The molecule has 1 amide bonds. The summed E-state index contributed by atoms with van der Waals surface area (Å²) < 4.78 is 23.1. The molecule has 0 saturated carbocycles. The number of amides is 1. The van der Waals surface area contributed by atoms with Gasteiger partial charge in [-0.1, -0.05) is 0 Å². The minimum absolute atomic E-state index is 0.0191. The number of ketones is 1. The molecule has 0 fully saturated rings. The highest BCUT2D eigenvalue weighted by Gasteiger charge is 2.16. The molecule has 0 saturated heterocycles. The lowest BCUT2D eigenvalue weighted by molar-refractivity contribution is -0.116. The molecule has 2 aromatic rings. The predicted octanol–water partition coefficient (Wildman–Crippen LogP) is 3.23. The summed E-state index contributed by atoms with van der Waals surface area (Å²) in [6.45, 7) is 7.34. The fourth-order valence-electron chi connectivity index (χ4n) is 2.60. The van der Waals surface area contributed by atoms with Crippen molar-refractivity contribution >= 4 is 38.7 Å². The van der Waals surface area contributed by atoms with Gasteiger partial charge >= 0.3 is 0 Å². The Morgan fingerprint density at radius 3 is 2.27 bits per heavy atom. The maximum absolute atomic E-state index is 12.3. The second kappa shape index (κ2) is 7.69. The van der Waals surface area contributed by atoms with Crippen LogP contribution in [0.1, 0.15) is 44.1 Å². The molecule has 1 heterocycles. The van der Waals surface area contributed by atoms with Crippen molar-refractivity contribution in [3.8, 4) is 0 Å². The number of thiophene rings is 1. The van der Waals surface area contributed by atoms with E-state index in [1.54, 1.807) is 25.2 Å². The average Bonchev–Trinajstić information content (AvgIpc) is 2.87. The van der Waals surface area contributed by atoms with Crippen molar-refractivity contribution in [3.63, 3.8) is 0 Å². The topological polar surface area (TPSA) is 106 Å². The minimum atomic E-state index is -3.87. The standard InChI is InChI=1S/C18H22N2O4S2/c1-10-7-14(26(19,23)24)9-16(12(10)3)20-18(22)6-5-17(21)15-8-11(2)25-13(15)4/h7-9H,5-6H2,1-4H3,(H,20,22)(H2,19,23,24). The smallest absolute Gasteiger partial charge is 0.238 e. The zero-order valence-corrected chi connectivity index (χ0v) is 16.8. The second-order valence-corrected chi connectivity index (χ2v) is 9.28. The maximum atomic E-state index is 12.3. The van der Waals surface area contributed by atoms with E-state index in [0.29, 0.717) is 16.8 Å². The first kappa shape index (κ1) is 20.3. The van der Waals surface area contributed by atoms with Gasteiger partial charge in [-0.05, 0) is 57.0 Å². The van der Waals surface area contributed by atoms with Gasteiger partial charge in [0.1, 0.15) is 0 Å². The molecule has 0 unspecified atom stereocenters. The molecule has 6 nitrogen and oxygen atoms in total. The molecule has 8 heteroatoms. The average molecular weight is 395 g/mol. The van der Waals surface area contributed by atoms with Crippen LogP contribution in [0.3, 0.4) is 0 Å². The Kier molecular flexibility index (Phi) is 6.00. The van der Waals surface area contributed by atoms with Gasteiger partial charge in [0.05, 0.1) is 4.90 Å². The number of nitrogens with two attached hydrogens (primary N) is 1. The van der Waals surface area contributed by atoms with E-state index >= 15 is 0 Å². The molecular formula is C18H22N2O4S2. The number of rotatable bonds is 6. The Hall–Kier alpha value is -2.03. The summed E-state index contributed by atoms with van der Waals surface area (Å²) in [4.78, 5) is 26.4. The van der Waals surface area contributed by atoms with Gasteiger partial charge in [0.2, 0.25) is 15.9 Å². The van der Waals surface area contributed by atoms with Crippen molar-refractivity contribution in [2.45, 2.75) is 45.4 Å². The molecule has 2 rings (SSSR count). The van der Waals surface area contributed by atoms with Crippen molar-refractivity contribution in [3.05, 3.63) is 44.6 Å². The number of anilines is 1. The number of benzene rings is 1. The fraction of sp³-hybridized carbons (Fsp3) is 0.333. The number of aryl methyl sites for hydroxylation is 3. The number of sulfonamides is 1. The summed E-state index contributed by atoms with van der Waals surface area (Å²) in [5.41, 5.74) is 2.49. The highest BCUT2D eigenvalue weighted by molar-refractivity contribution is 7.89. The molecule has 0 aliphatic heterocycles. The number of nitrogens with one attached hydrogen (secondary N) is 1. The Labute approximate surface area is 157 Å². The first-order valence-electron chi connectivity index (χ1n) is 8.03. The van der Waals surface area contributed by atoms with Crippen LogP contribution in [0.5, 0.6) is 0 Å². The zero-order valence-electron chi connectivity index (χ0n) is 15.2. The van der Waals surface area contributed by atoms with E-state index in [1.807, 2.05) is 19.9 Å². The van der Waals surface area contributed by atoms with Crippen LogP contribution in [0.15, 0.2) is 23.1 Å². The lowest BCUT2D eigenvalue weighted by atomic mass is 10.1. The Bertz CT molecular complexity index is 975. The third-order valence-corrected chi connectivity index (χ3v) is 6.02. The number of hydrogen-bond acceptors (Lipinski definition) is 5. The number of hydrogen-bond donors (Lipinski definition) is 2. The fourth-order valence-corrected chi connectivity index (χ4v) is 4.17. The van der Waals surface area contributed by atoms with Crippen LogP contribution in [0.2, 0.25) is 0 Å². The maximum Gasteiger partial charge on any atom is 0.238 e. The van der Waals surface area contributed by atoms with Gasteiger partial charge < -0.3 is 5.32 Å². The van der Waals surface area contributed by atoms with Crippen molar-refractivity contribution in [1.29, 1.82) is 0 Å². The van der Waals surface area contributed by atoms with E-state index in [2.05, 4.69) is 5.32 Å². The molecule has 0 spiro atoms. The zero-order chi connectivity index (χ0) is 19.6. The normalized spacial score (nSPS) is 11.4. The van der Waals surface area contributed by atoms with Crippen LogP contribution in [0.25, 0.3) is 0 Å². The third kappa shape index (κ3) is 4.78. The summed E-state index contributed by atoms with van der Waals surface area (Å²) >= 11 is 1.55. The highest BCUT2D eigenvalue weighted by atomic mass is 32.2. The van der Waals surface area contributed by atoms with Crippen LogP contribution in [0, 0.1) is 27.7 Å². The summed E-state index contributed by atoms with van der Waals surface area (Å²) in [7, 11) is -3.87. The van der Waals surface area contributed by atoms with E-state index < -0.39 is 10.0 Å². The third-order valence-electron chi connectivity index (χ3n) is 4.16. The molecule has 1 aromatic carbocycles. The molecular weight excluding hydrogens is 372 g/mol. The van der Waals surface area contributed by atoms with E-state index in [9.17, 15) is 18.0 Å². The Balaban J connectivity index is 2.09. The minimum Gasteiger partial charge on any atom is -0.326 e. The van der Waals surface area contributed by atoms with Crippen molar-refractivity contribution < 1.29 is 18.0 Å². The summed E-state index contributed by atoms with van der Waals surface area (Å²) in [5, 5.41) is 7.85. The molecule has 26 heavy (non-hydrogen) atoms. The second-order valence-electron chi connectivity index (χ2n) is 6.26. The van der Waals surface area contributed by atoms with Gasteiger partial charge in [0.15, 0.2) is 5.78 Å². The summed E-state index contributed by atoms with van der Waals surface area (Å²) in [5.74, 6) is -0.426. The number of primary sulfonamides is 1. The Morgan fingerprint density at radius 2 is 1.73 bits per heavy atom. The van der Waals surface area contributed by atoms with Crippen LogP contribution < -0.4 is 10.5 Å². The molecule has 0 atom stereocenters. The van der Waals surface area contributed by atoms with Crippen molar-refractivity contribution in [2.75, 3.05) is 5.32 Å². The monoisotopic (exact) mass is 394 g/mol. The first-order chi connectivity index (χ1) is 12.0. The molecule has 0 bridgehead atoms. The van der Waals surface area contributed by atoms with Gasteiger partial charge in [-0.2, -0.15) is 0 Å². The van der Waals surface area contributed by atoms with Crippen molar-refractivity contribution in [1.82, 2.24) is 0 Å². The van der Waals surface area contributed by atoms with E-state index in [-0.39, 0.29) is 29.4 Å². The summed E-state index contributed by atoms with van der Waals surface area (Å²) in [6.07, 6.45) is 0.112. The van der Waals surface area contributed by atoms with E-state index in [0.717, 1.165) is 15.3 Å². The highest BCUT2D eigenvalue weighted by Crippen LogP contribution is 2.25. The van der Waals surface area contributed by atoms with Crippen molar-refractivity contribution in [2.24, 2.45) is 5.14 Å². The molecule has 140 valence electrons. The van der Waals surface area contributed by atoms with Gasteiger partial charge in [0.25, 0.3) is 0 Å². The molecule has 3 N–H and O–H groups in total. The van der Waals surface area contributed by atoms with Gasteiger partial charge in [-0.3, -0.25) is 9.59 Å². The number of Topliss-reactive ketones (excluding diaryl/α,β-unsaturated/α-hetero) is 1. The quantitative estimate of drug-likeness (QED) is 0.734. The SMILES string of the molecule is Cc1cc(C(=O)CCC(=O)Nc2cc(S(N)(=O)=O)cc(C)c2C)c(C)s1. The van der Waals surface area contributed by atoms with Crippen LogP contribution in [0.4, 0.5) is 5.69 Å². The van der Waals surface area contributed by atoms with Crippen LogP contribution in [-0.4, -0.2) is 20.1 Å². The molecule has 0 radical (unpaired) electrons. The van der Waals surface area contributed by atoms with Gasteiger partial charge in [-0.15, -0.1) is 11.3 Å². The van der Waals surface area contributed by atoms with Crippen LogP contribution in [-0.2, 0) is 14.8 Å². The van der Waals surface area contributed by atoms with E-state index in [4.69, 9.17) is 5.14 Å². The lowest BCUT2D eigenvalue weighted by Gasteiger charge is -2.12. The molecule has 1 aromatic heterocycles. The molecule has 0 aliphatic carbocycles.